The van der Waals surface area contributed by atoms with Crippen molar-refractivity contribution < 1.29 is 14.3 Å². The zero-order chi connectivity index (χ0) is 14.5. The van der Waals surface area contributed by atoms with Gasteiger partial charge in [0.2, 0.25) is 5.91 Å². The van der Waals surface area contributed by atoms with Gasteiger partial charge in [0.05, 0.1) is 11.7 Å². The van der Waals surface area contributed by atoms with E-state index >= 15 is 0 Å². The van der Waals surface area contributed by atoms with Crippen LogP contribution in [-0.2, 0) is 11.2 Å². The summed E-state index contributed by atoms with van der Waals surface area (Å²) in [5, 5.41) is 11.6. The van der Waals surface area contributed by atoms with Gasteiger partial charge in [-0.3, -0.25) is 4.79 Å². The van der Waals surface area contributed by atoms with Gasteiger partial charge in [0.15, 0.2) is 0 Å². The second-order valence-corrected chi connectivity index (χ2v) is 4.45. The number of anilines is 1. The normalized spacial score (nSPS) is 11.9. The molecule has 0 aliphatic carbocycles. The molecule has 0 unspecified atom stereocenters. The van der Waals surface area contributed by atoms with Gasteiger partial charge in [0.1, 0.15) is 11.6 Å². The first-order valence-electron chi connectivity index (χ1n) is 6.15. The number of aromatic hydroxyl groups is 1. The molecule has 0 fully saturated rings. The summed E-state index contributed by atoms with van der Waals surface area (Å²) in [4.78, 5) is 11.9. The average Bonchev–Trinajstić information content (AvgIpc) is 2.44. The van der Waals surface area contributed by atoms with Crippen LogP contribution in [0.3, 0.4) is 0 Å². The predicted octanol–water partition coefficient (Wildman–Crippen LogP) is 2.04. The van der Waals surface area contributed by atoms with Crippen LogP contribution in [-0.4, -0.2) is 17.1 Å². The van der Waals surface area contributed by atoms with Crippen molar-refractivity contribution in [1.82, 2.24) is 0 Å². The molecule has 0 aliphatic heterocycles. The number of hydrogen-bond acceptors (Lipinski definition) is 3. The number of nitrogens with two attached hydrogens (primary N) is 1. The average molecular weight is 274 g/mol. The Labute approximate surface area is 116 Å². The van der Waals surface area contributed by atoms with Gasteiger partial charge in [-0.2, -0.15) is 0 Å². The SMILES string of the molecule is N[C@@H](Cc1ccc(O)cc1)C(=O)Nc1ccccc1F. The highest BCUT2D eigenvalue weighted by Gasteiger charge is 2.15. The van der Waals surface area contributed by atoms with Crippen LogP contribution in [0, 0.1) is 5.82 Å². The molecule has 1 atom stereocenters. The maximum absolute atomic E-state index is 13.4. The number of phenols is 1. The summed E-state index contributed by atoms with van der Waals surface area (Å²) >= 11 is 0. The fourth-order valence-corrected chi connectivity index (χ4v) is 1.77. The summed E-state index contributed by atoms with van der Waals surface area (Å²) in [7, 11) is 0. The molecule has 0 saturated carbocycles. The topological polar surface area (TPSA) is 75.3 Å². The first kappa shape index (κ1) is 14.0. The molecule has 0 aliphatic rings. The monoisotopic (exact) mass is 274 g/mol. The number of para-hydroxylation sites is 1. The van der Waals surface area contributed by atoms with E-state index in [9.17, 15) is 14.3 Å². The fourth-order valence-electron chi connectivity index (χ4n) is 1.77. The van der Waals surface area contributed by atoms with E-state index in [0.717, 1.165) is 5.56 Å². The predicted molar refractivity (Wildman–Crippen MR) is 74.8 cm³/mol. The Morgan fingerprint density at radius 3 is 2.50 bits per heavy atom. The van der Waals surface area contributed by atoms with Crippen molar-refractivity contribution in [1.29, 1.82) is 0 Å². The molecule has 2 aromatic carbocycles. The maximum atomic E-state index is 13.4. The number of rotatable bonds is 4. The molecule has 0 aromatic heterocycles. The van der Waals surface area contributed by atoms with Gasteiger partial charge in [-0.05, 0) is 36.2 Å². The molecule has 5 heteroatoms. The van der Waals surface area contributed by atoms with Crippen LogP contribution < -0.4 is 11.1 Å². The molecule has 0 saturated heterocycles. The number of carbonyl (C=O) groups excluding carboxylic acids is 1. The summed E-state index contributed by atoms with van der Waals surface area (Å²) in [5.41, 5.74) is 6.72. The third-order valence-corrected chi connectivity index (χ3v) is 2.86. The molecule has 2 aromatic rings. The summed E-state index contributed by atoms with van der Waals surface area (Å²) in [6.07, 6.45) is 0.306. The lowest BCUT2D eigenvalue weighted by atomic mass is 10.1. The lowest BCUT2D eigenvalue weighted by Gasteiger charge is -2.12. The molecule has 2 rings (SSSR count). The molecule has 0 radical (unpaired) electrons. The Kier molecular flexibility index (Phi) is 4.32. The Hall–Kier alpha value is -2.40. The highest BCUT2D eigenvalue weighted by molar-refractivity contribution is 5.94. The van der Waals surface area contributed by atoms with Gasteiger partial charge in [0, 0.05) is 0 Å². The van der Waals surface area contributed by atoms with E-state index in [-0.39, 0.29) is 11.4 Å². The summed E-state index contributed by atoms with van der Waals surface area (Å²) in [6.45, 7) is 0. The molecule has 0 heterocycles. The number of hydrogen-bond donors (Lipinski definition) is 3. The Morgan fingerprint density at radius 1 is 1.20 bits per heavy atom. The van der Waals surface area contributed by atoms with Crippen LogP contribution in [0.4, 0.5) is 10.1 Å². The molecule has 20 heavy (non-hydrogen) atoms. The van der Waals surface area contributed by atoms with E-state index in [1.54, 1.807) is 24.3 Å². The van der Waals surface area contributed by atoms with Gasteiger partial charge in [-0.1, -0.05) is 24.3 Å². The Bertz CT molecular complexity index is 599. The molecule has 4 nitrogen and oxygen atoms in total. The van der Waals surface area contributed by atoms with Crippen molar-refractivity contribution >= 4 is 11.6 Å². The van der Waals surface area contributed by atoms with Crippen molar-refractivity contribution in [2.45, 2.75) is 12.5 Å². The summed E-state index contributed by atoms with van der Waals surface area (Å²) < 4.78 is 13.4. The maximum Gasteiger partial charge on any atom is 0.241 e. The van der Waals surface area contributed by atoms with Crippen molar-refractivity contribution in [2.75, 3.05) is 5.32 Å². The lowest BCUT2D eigenvalue weighted by molar-refractivity contribution is -0.117. The van der Waals surface area contributed by atoms with Gasteiger partial charge >= 0.3 is 0 Å². The largest absolute Gasteiger partial charge is 0.508 e. The number of halogens is 1. The van der Waals surface area contributed by atoms with Crippen LogP contribution >= 0.6 is 0 Å². The molecule has 1 amide bonds. The second kappa shape index (κ2) is 6.16. The van der Waals surface area contributed by atoms with E-state index in [4.69, 9.17) is 5.73 Å². The van der Waals surface area contributed by atoms with Gasteiger partial charge in [0.25, 0.3) is 0 Å². The molecular formula is C15H15FN2O2. The zero-order valence-electron chi connectivity index (χ0n) is 10.7. The highest BCUT2D eigenvalue weighted by Crippen LogP contribution is 2.14. The van der Waals surface area contributed by atoms with Crippen LogP contribution in [0.5, 0.6) is 5.75 Å². The Balaban J connectivity index is 1.99. The van der Waals surface area contributed by atoms with E-state index in [1.807, 2.05) is 0 Å². The van der Waals surface area contributed by atoms with Gasteiger partial charge in [-0.25, -0.2) is 4.39 Å². The molecule has 104 valence electrons. The molecular weight excluding hydrogens is 259 g/mol. The van der Waals surface area contributed by atoms with Crippen molar-refractivity contribution in [3.8, 4) is 5.75 Å². The second-order valence-electron chi connectivity index (χ2n) is 4.45. The van der Waals surface area contributed by atoms with E-state index < -0.39 is 17.8 Å². The zero-order valence-corrected chi connectivity index (χ0v) is 10.7. The minimum atomic E-state index is -0.792. The van der Waals surface area contributed by atoms with Crippen molar-refractivity contribution in [3.05, 3.63) is 59.9 Å². The third-order valence-electron chi connectivity index (χ3n) is 2.86. The van der Waals surface area contributed by atoms with E-state index in [2.05, 4.69) is 5.32 Å². The number of benzene rings is 2. The first-order valence-corrected chi connectivity index (χ1v) is 6.15. The number of amides is 1. The van der Waals surface area contributed by atoms with Gasteiger partial charge < -0.3 is 16.2 Å². The molecule has 0 bridgehead atoms. The van der Waals surface area contributed by atoms with Gasteiger partial charge in [-0.15, -0.1) is 0 Å². The quantitative estimate of drug-likeness (QED) is 0.798. The van der Waals surface area contributed by atoms with Crippen LogP contribution in [0.1, 0.15) is 5.56 Å². The molecule has 4 N–H and O–H groups in total. The standard InChI is InChI=1S/C15H15FN2O2/c16-12-3-1-2-4-14(12)18-15(20)13(17)9-10-5-7-11(19)8-6-10/h1-8,13,19H,9,17H2,(H,18,20)/t13-/m0/s1. The lowest BCUT2D eigenvalue weighted by Crippen LogP contribution is -2.37. The number of carbonyl (C=O) groups is 1. The number of phenolic OH excluding ortho intramolecular Hbond substituents is 1. The summed E-state index contributed by atoms with van der Waals surface area (Å²) in [5.74, 6) is -0.806. The third kappa shape index (κ3) is 3.55. The Morgan fingerprint density at radius 2 is 1.85 bits per heavy atom. The van der Waals surface area contributed by atoms with E-state index in [0.29, 0.717) is 6.42 Å². The van der Waals surface area contributed by atoms with Crippen molar-refractivity contribution in [3.63, 3.8) is 0 Å². The smallest absolute Gasteiger partial charge is 0.241 e. The summed E-state index contributed by atoms with van der Waals surface area (Å²) in [6, 6.07) is 11.5. The van der Waals surface area contributed by atoms with Crippen LogP contribution in [0.25, 0.3) is 0 Å². The highest BCUT2D eigenvalue weighted by atomic mass is 19.1. The van der Waals surface area contributed by atoms with Crippen LogP contribution in [0.2, 0.25) is 0 Å². The molecule has 0 spiro atoms. The first-order chi connectivity index (χ1) is 9.56. The number of nitrogens with one attached hydrogen (secondary N) is 1. The fraction of sp³-hybridized carbons (Fsp3) is 0.133. The minimum absolute atomic E-state index is 0.110. The van der Waals surface area contributed by atoms with Crippen LogP contribution in [0.15, 0.2) is 48.5 Å². The minimum Gasteiger partial charge on any atom is -0.508 e. The van der Waals surface area contributed by atoms with E-state index in [1.165, 1.54) is 24.3 Å². The van der Waals surface area contributed by atoms with Crippen molar-refractivity contribution in [2.24, 2.45) is 5.73 Å².